The summed E-state index contributed by atoms with van der Waals surface area (Å²) in [6.45, 7) is 3.62. The maximum atomic E-state index is 10.9. The molecule has 0 saturated heterocycles. The van der Waals surface area contributed by atoms with Gasteiger partial charge in [-0.25, -0.2) is 4.68 Å². The molecular formula is C7H11BrN4O. The second kappa shape index (κ2) is 3.87. The van der Waals surface area contributed by atoms with E-state index in [1.54, 1.807) is 13.1 Å². The summed E-state index contributed by atoms with van der Waals surface area (Å²) in [6, 6.07) is -0.461. The monoisotopic (exact) mass is 246 g/mol. The zero-order valence-corrected chi connectivity index (χ0v) is 9.02. The summed E-state index contributed by atoms with van der Waals surface area (Å²) in [5, 5.41) is 7.52. The van der Waals surface area contributed by atoms with Crippen LogP contribution in [0.15, 0.2) is 6.20 Å². The second-order valence-electron chi connectivity index (χ2n) is 2.80. The standard InChI is InChI=1S/C7H11BrN4O/c1-4(8)6-3-10-11-12(6)5(2)7(9)13/h3-5H,1-2H3,(H2,9,13). The molecule has 0 radical (unpaired) electrons. The average Bonchev–Trinajstić information content (AvgIpc) is 2.50. The van der Waals surface area contributed by atoms with Crippen molar-refractivity contribution in [2.45, 2.75) is 24.7 Å². The van der Waals surface area contributed by atoms with Crippen LogP contribution in [0.25, 0.3) is 0 Å². The maximum Gasteiger partial charge on any atom is 0.242 e. The fraction of sp³-hybridized carbons (Fsp3) is 0.571. The Hall–Kier alpha value is -0.910. The summed E-state index contributed by atoms with van der Waals surface area (Å²) in [6.07, 6.45) is 1.61. The van der Waals surface area contributed by atoms with Crippen molar-refractivity contribution < 1.29 is 4.79 Å². The van der Waals surface area contributed by atoms with Crippen LogP contribution in [0.5, 0.6) is 0 Å². The third-order valence-electron chi connectivity index (χ3n) is 1.79. The van der Waals surface area contributed by atoms with E-state index in [9.17, 15) is 4.79 Å². The molecule has 2 unspecified atom stereocenters. The minimum absolute atomic E-state index is 0.101. The van der Waals surface area contributed by atoms with Gasteiger partial charge in [-0.3, -0.25) is 4.79 Å². The molecular weight excluding hydrogens is 236 g/mol. The van der Waals surface area contributed by atoms with Crippen LogP contribution in [0, 0.1) is 0 Å². The van der Waals surface area contributed by atoms with Crippen LogP contribution in [-0.4, -0.2) is 20.9 Å². The summed E-state index contributed by atoms with van der Waals surface area (Å²) in [7, 11) is 0. The lowest BCUT2D eigenvalue weighted by molar-refractivity contribution is -0.121. The van der Waals surface area contributed by atoms with E-state index in [0.29, 0.717) is 0 Å². The summed E-state index contributed by atoms with van der Waals surface area (Å²) in [4.78, 5) is 11.0. The molecule has 6 heteroatoms. The second-order valence-corrected chi connectivity index (χ2v) is 4.17. The van der Waals surface area contributed by atoms with Gasteiger partial charge in [0.1, 0.15) is 6.04 Å². The zero-order chi connectivity index (χ0) is 10.0. The number of hydrogen-bond acceptors (Lipinski definition) is 3. The summed E-state index contributed by atoms with van der Waals surface area (Å²) in [5.41, 5.74) is 5.99. The van der Waals surface area contributed by atoms with Crippen molar-refractivity contribution in [3.05, 3.63) is 11.9 Å². The fourth-order valence-corrected chi connectivity index (χ4v) is 1.29. The van der Waals surface area contributed by atoms with Crippen LogP contribution < -0.4 is 5.73 Å². The third-order valence-corrected chi connectivity index (χ3v) is 2.26. The van der Waals surface area contributed by atoms with Gasteiger partial charge in [-0.1, -0.05) is 21.1 Å². The highest BCUT2D eigenvalue weighted by Crippen LogP contribution is 2.22. The predicted octanol–water partition coefficient (Wildman–Crippen LogP) is 0.780. The van der Waals surface area contributed by atoms with Crippen LogP contribution in [0.2, 0.25) is 0 Å². The Bertz CT molecular complexity index is 309. The van der Waals surface area contributed by atoms with Gasteiger partial charge in [0.15, 0.2) is 0 Å². The molecule has 0 aliphatic heterocycles. The average molecular weight is 247 g/mol. The van der Waals surface area contributed by atoms with Crippen molar-refractivity contribution in [3.63, 3.8) is 0 Å². The number of nitrogens with two attached hydrogens (primary N) is 1. The first-order chi connectivity index (χ1) is 6.04. The van der Waals surface area contributed by atoms with Crippen LogP contribution >= 0.6 is 15.9 Å². The van der Waals surface area contributed by atoms with Crippen molar-refractivity contribution in [1.29, 1.82) is 0 Å². The molecule has 0 aromatic carbocycles. The quantitative estimate of drug-likeness (QED) is 0.802. The van der Waals surface area contributed by atoms with E-state index in [0.717, 1.165) is 5.69 Å². The van der Waals surface area contributed by atoms with E-state index in [2.05, 4.69) is 26.2 Å². The first-order valence-corrected chi connectivity index (χ1v) is 4.79. The topological polar surface area (TPSA) is 73.8 Å². The number of carbonyl (C=O) groups is 1. The molecule has 2 atom stereocenters. The predicted molar refractivity (Wildman–Crippen MR) is 51.3 cm³/mol. The highest BCUT2D eigenvalue weighted by Gasteiger charge is 2.18. The van der Waals surface area contributed by atoms with Gasteiger partial charge in [0.05, 0.1) is 16.7 Å². The molecule has 0 fully saturated rings. The lowest BCUT2D eigenvalue weighted by Crippen LogP contribution is -2.26. The minimum atomic E-state index is -0.461. The number of carbonyl (C=O) groups excluding carboxylic acids is 1. The van der Waals surface area contributed by atoms with E-state index in [4.69, 9.17) is 5.73 Å². The molecule has 2 N–H and O–H groups in total. The van der Waals surface area contributed by atoms with E-state index in [1.165, 1.54) is 4.68 Å². The molecule has 1 aromatic rings. The number of alkyl halides is 1. The Morgan fingerprint density at radius 1 is 1.69 bits per heavy atom. The SMILES string of the molecule is CC(Br)c1cnnn1C(C)C(N)=O. The van der Waals surface area contributed by atoms with Gasteiger partial charge in [0.2, 0.25) is 5.91 Å². The Labute approximate surface area is 84.4 Å². The Morgan fingerprint density at radius 2 is 2.31 bits per heavy atom. The summed E-state index contributed by atoms with van der Waals surface area (Å²) >= 11 is 3.38. The van der Waals surface area contributed by atoms with Gasteiger partial charge < -0.3 is 5.73 Å². The highest BCUT2D eigenvalue weighted by molar-refractivity contribution is 9.09. The minimum Gasteiger partial charge on any atom is -0.368 e. The van der Waals surface area contributed by atoms with Crippen LogP contribution in [0.3, 0.4) is 0 Å². The van der Waals surface area contributed by atoms with Crippen LogP contribution in [0.1, 0.15) is 30.4 Å². The van der Waals surface area contributed by atoms with E-state index in [-0.39, 0.29) is 4.83 Å². The van der Waals surface area contributed by atoms with Crippen molar-refractivity contribution in [2.24, 2.45) is 5.73 Å². The van der Waals surface area contributed by atoms with Gasteiger partial charge in [-0.15, -0.1) is 5.10 Å². The number of halogens is 1. The number of aromatic nitrogens is 3. The highest BCUT2D eigenvalue weighted by atomic mass is 79.9. The largest absolute Gasteiger partial charge is 0.368 e. The fourth-order valence-electron chi connectivity index (χ4n) is 0.958. The molecule has 72 valence electrons. The number of amides is 1. The summed E-state index contributed by atoms with van der Waals surface area (Å²) < 4.78 is 1.52. The number of nitrogens with zero attached hydrogens (tertiary/aromatic N) is 3. The number of primary amides is 1. The molecule has 0 spiro atoms. The molecule has 1 aromatic heterocycles. The van der Waals surface area contributed by atoms with Crippen LogP contribution in [-0.2, 0) is 4.79 Å². The van der Waals surface area contributed by atoms with Gasteiger partial charge >= 0.3 is 0 Å². The molecule has 0 saturated carbocycles. The normalized spacial score (nSPS) is 15.3. The molecule has 13 heavy (non-hydrogen) atoms. The van der Waals surface area contributed by atoms with Crippen LogP contribution in [0.4, 0.5) is 0 Å². The number of rotatable bonds is 3. The van der Waals surface area contributed by atoms with E-state index in [1.807, 2.05) is 6.92 Å². The maximum absolute atomic E-state index is 10.9. The Morgan fingerprint density at radius 3 is 2.77 bits per heavy atom. The molecule has 1 amide bonds. The molecule has 0 aliphatic carbocycles. The molecule has 1 rings (SSSR count). The van der Waals surface area contributed by atoms with Gasteiger partial charge in [-0.05, 0) is 13.8 Å². The van der Waals surface area contributed by atoms with E-state index < -0.39 is 11.9 Å². The molecule has 5 nitrogen and oxygen atoms in total. The smallest absolute Gasteiger partial charge is 0.242 e. The first-order valence-electron chi connectivity index (χ1n) is 3.87. The van der Waals surface area contributed by atoms with Crippen molar-refractivity contribution in [3.8, 4) is 0 Å². The van der Waals surface area contributed by atoms with Crippen molar-refractivity contribution >= 4 is 21.8 Å². The molecule has 0 aliphatic rings. The van der Waals surface area contributed by atoms with E-state index >= 15 is 0 Å². The number of hydrogen-bond donors (Lipinski definition) is 1. The van der Waals surface area contributed by atoms with Gasteiger partial charge in [-0.2, -0.15) is 0 Å². The van der Waals surface area contributed by atoms with Gasteiger partial charge in [0.25, 0.3) is 0 Å². The first kappa shape index (κ1) is 10.2. The van der Waals surface area contributed by atoms with Crippen molar-refractivity contribution in [1.82, 2.24) is 15.0 Å². The molecule has 1 heterocycles. The lowest BCUT2D eigenvalue weighted by atomic mass is 10.3. The zero-order valence-electron chi connectivity index (χ0n) is 7.44. The van der Waals surface area contributed by atoms with Gasteiger partial charge in [0, 0.05) is 0 Å². The molecule has 0 bridgehead atoms. The third kappa shape index (κ3) is 2.06. The van der Waals surface area contributed by atoms with Crippen molar-refractivity contribution in [2.75, 3.05) is 0 Å². The lowest BCUT2D eigenvalue weighted by Gasteiger charge is -2.11. The summed E-state index contributed by atoms with van der Waals surface area (Å²) in [5.74, 6) is -0.417. The Kier molecular flexibility index (Phi) is 3.02. The Balaban J connectivity index is 3.00.